The molecule has 6 rings (SSSR count). The monoisotopic (exact) mass is 738 g/mol. The summed E-state index contributed by atoms with van der Waals surface area (Å²) in [6, 6.07) is 51.4. The van der Waals surface area contributed by atoms with Gasteiger partial charge in [-0.05, 0) is 33.7 Å². The summed E-state index contributed by atoms with van der Waals surface area (Å²) in [6.45, 7) is 6.13. The molecule has 1 saturated heterocycles. The van der Waals surface area contributed by atoms with Gasteiger partial charge >= 0.3 is 0 Å². The molecule has 1 aliphatic heterocycles. The van der Waals surface area contributed by atoms with Crippen LogP contribution in [0.15, 0.2) is 152 Å². The number of hydrogen-bond donors (Lipinski definition) is 0. The second-order valence-corrected chi connectivity index (χ2v) is 11.7. The molecule has 5 aromatic rings. The molecular weight excluding hydrogens is 688 g/mol. The third-order valence-corrected chi connectivity index (χ3v) is 8.26. The van der Waals surface area contributed by atoms with Gasteiger partial charge in [-0.3, -0.25) is 0 Å². The molecule has 0 bridgehead atoms. The maximum absolute atomic E-state index is 6.96. The number of benzene rings is 5. The van der Waals surface area contributed by atoms with Crippen molar-refractivity contribution in [3.63, 3.8) is 0 Å². The average molecular weight is 740 g/mol. The molecule has 264 valence electrons. The van der Waals surface area contributed by atoms with Crippen LogP contribution in [0.1, 0.15) is 41.7 Å². The van der Waals surface area contributed by atoms with Gasteiger partial charge in [-0.25, -0.2) is 0 Å². The van der Waals surface area contributed by atoms with Crippen LogP contribution in [0.4, 0.5) is 0 Å². The first kappa shape index (κ1) is 39.2. The fourth-order valence-electron chi connectivity index (χ4n) is 5.90. The summed E-state index contributed by atoms with van der Waals surface area (Å²) in [7, 11) is 0. The first-order chi connectivity index (χ1) is 24.8. The van der Waals surface area contributed by atoms with Crippen LogP contribution in [0.25, 0.3) is 0 Å². The molecule has 0 amide bonds. The Labute approximate surface area is 307 Å². The lowest BCUT2D eigenvalue weighted by Crippen LogP contribution is -2.61. The van der Waals surface area contributed by atoms with Crippen LogP contribution in [-0.2, 0) is 56.5 Å². The van der Waals surface area contributed by atoms with Crippen molar-refractivity contribution in [1.29, 1.82) is 0 Å². The Morgan fingerprint density at radius 2 is 0.740 bits per heavy atom. The lowest BCUT2D eigenvalue weighted by atomic mass is 9.90. The molecule has 0 aliphatic carbocycles. The molecule has 0 spiro atoms. The molecular formula is C44H51BrO5. The fourth-order valence-corrected chi connectivity index (χ4v) is 5.90. The predicted octanol–water partition coefficient (Wildman–Crippen LogP) is 10.0. The summed E-state index contributed by atoms with van der Waals surface area (Å²) >= 11 is 2.94. The second kappa shape index (κ2) is 23.0. The van der Waals surface area contributed by atoms with Gasteiger partial charge in [0.1, 0.15) is 24.4 Å². The standard InChI is InChI=1S/C41H42O5.C2H6.CH3Br/c1-6-16-32(17-7-1)26-37-39(43-28-34-20-10-3-11-21-34)41(45-30-36-24-14-5-15-25-36)40(44-29-35-22-12-4-13-23-35)38(46-37)31-42-27-33-18-8-2-9-19-33;2*1-2/h1-25,37-41H,26-31H2;1-2H3;1H3/t37-,38+,39-,40+,41+;;/m0../s1. The van der Waals surface area contributed by atoms with Crippen molar-refractivity contribution in [3.05, 3.63) is 179 Å². The zero-order valence-corrected chi connectivity index (χ0v) is 31.1. The van der Waals surface area contributed by atoms with Crippen LogP contribution in [0.3, 0.4) is 0 Å². The van der Waals surface area contributed by atoms with Crippen LogP contribution < -0.4 is 0 Å². The van der Waals surface area contributed by atoms with E-state index >= 15 is 0 Å². The molecule has 5 atom stereocenters. The highest BCUT2D eigenvalue weighted by molar-refractivity contribution is 9.08. The molecule has 5 nitrogen and oxygen atoms in total. The zero-order valence-electron chi connectivity index (χ0n) is 29.5. The van der Waals surface area contributed by atoms with Gasteiger partial charge in [-0.15, -0.1) is 0 Å². The summed E-state index contributed by atoms with van der Waals surface area (Å²) in [6.07, 6.45) is -1.23. The second-order valence-electron chi connectivity index (χ2n) is 11.7. The van der Waals surface area contributed by atoms with Crippen LogP contribution in [0.5, 0.6) is 0 Å². The summed E-state index contributed by atoms with van der Waals surface area (Å²) < 4.78 is 33.7. The summed E-state index contributed by atoms with van der Waals surface area (Å²) in [5.41, 5.74) is 5.56. The summed E-state index contributed by atoms with van der Waals surface area (Å²) in [4.78, 5) is 0. The number of alkyl halides is 1. The Bertz CT molecular complexity index is 1540. The van der Waals surface area contributed by atoms with Gasteiger partial charge in [0.15, 0.2) is 0 Å². The Hall–Kier alpha value is -3.62. The largest absolute Gasteiger partial charge is 0.374 e. The molecule has 1 heterocycles. The van der Waals surface area contributed by atoms with Gasteiger partial charge < -0.3 is 23.7 Å². The Kier molecular flexibility index (Phi) is 18.0. The number of ether oxygens (including phenoxy) is 5. The molecule has 0 N–H and O–H groups in total. The van der Waals surface area contributed by atoms with Gasteiger partial charge in [0.25, 0.3) is 0 Å². The van der Waals surface area contributed by atoms with Crippen molar-refractivity contribution in [1.82, 2.24) is 0 Å². The van der Waals surface area contributed by atoms with E-state index in [1.54, 1.807) is 0 Å². The van der Waals surface area contributed by atoms with E-state index in [9.17, 15) is 0 Å². The summed E-state index contributed by atoms with van der Waals surface area (Å²) in [5, 5.41) is 0. The van der Waals surface area contributed by atoms with E-state index in [0.29, 0.717) is 39.5 Å². The van der Waals surface area contributed by atoms with Gasteiger partial charge in [0.05, 0.1) is 39.1 Å². The zero-order chi connectivity index (χ0) is 35.2. The van der Waals surface area contributed by atoms with Crippen molar-refractivity contribution in [2.45, 2.75) is 77.2 Å². The van der Waals surface area contributed by atoms with Crippen molar-refractivity contribution in [2.24, 2.45) is 0 Å². The van der Waals surface area contributed by atoms with E-state index in [4.69, 9.17) is 23.7 Å². The molecule has 1 aliphatic rings. The van der Waals surface area contributed by atoms with E-state index in [1.807, 2.05) is 98.5 Å². The maximum Gasteiger partial charge on any atom is 0.115 e. The predicted molar refractivity (Wildman–Crippen MR) is 206 cm³/mol. The van der Waals surface area contributed by atoms with Crippen LogP contribution in [-0.4, -0.2) is 43.0 Å². The van der Waals surface area contributed by atoms with Gasteiger partial charge in [-0.1, -0.05) is 181 Å². The fraction of sp³-hybridized carbons (Fsp3) is 0.318. The average Bonchev–Trinajstić information content (AvgIpc) is 3.20. The number of rotatable bonds is 15. The molecule has 0 unspecified atom stereocenters. The quantitative estimate of drug-likeness (QED) is 0.100. The number of halogens is 1. The highest BCUT2D eigenvalue weighted by Gasteiger charge is 2.48. The highest BCUT2D eigenvalue weighted by Crippen LogP contribution is 2.32. The minimum atomic E-state index is -0.438. The third kappa shape index (κ3) is 12.6. The van der Waals surface area contributed by atoms with Gasteiger partial charge in [0.2, 0.25) is 0 Å². The Morgan fingerprint density at radius 3 is 1.14 bits per heavy atom. The molecule has 0 radical (unpaired) electrons. The minimum absolute atomic E-state index is 0.284. The minimum Gasteiger partial charge on any atom is -0.374 e. The van der Waals surface area contributed by atoms with Crippen molar-refractivity contribution in [2.75, 3.05) is 12.4 Å². The molecule has 0 saturated carbocycles. The smallest absolute Gasteiger partial charge is 0.115 e. The van der Waals surface area contributed by atoms with E-state index in [0.717, 1.165) is 22.3 Å². The van der Waals surface area contributed by atoms with Gasteiger partial charge in [0, 0.05) is 6.42 Å². The van der Waals surface area contributed by atoms with E-state index in [-0.39, 0.29) is 12.2 Å². The van der Waals surface area contributed by atoms with Crippen LogP contribution in [0.2, 0.25) is 0 Å². The molecule has 5 aromatic carbocycles. The number of hydrogen-bond acceptors (Lipinski definition) is 5. The lowest BCUT2D eigenvalue weighted by Gasteiger charge is -2.46. The Morgan fingerprint density at radius 1 is 0.420 bits per heavy atom. The van der Waals surface area contributed by atoms with Crippen molar-refractivity contribution >= 4 is 15.9 Å². The first-order valence-corrected chi connectivity index (χ1v) is 19.1. The molecule has 1 fully saturated rings. The molecule has 50 heavy (non-hydrogen) atoms. The van der Waals surface area contributed by atoms with E-state index in [2.05, 4.69) is 88.7 Å². The van der Waals surface area contributed by atoms with E-state index < -0.39 is 18.3 Å². The Balaban J connectivity index is 0.00000136. The highest BCUT2D eigenvalue weighted by atomic mass is 79.9. The third-order valence-electron chi connectivity index (χ3n) is 8.26. The first-order valence-electron chi connectivity index (χ1n) is 17.5. The lowest BCUT2D eigenvalue weighted by molar-refractivity contribution is -0.272. The summed E-state index contributed by atoms with van der Waals surface area (Å²) in [5.74, 6) is 1.81. The SMILES string of the molecule is CBr.CC.c1ccc(COC[C@H]2O[C@@H](Cc3ccccc3)[C@H](OCc3ccccc3)[C@@H](OCc3ccccc3)[C@@H]2OCc2ccccc2)cc1. The normalized spacial score (nSPS) is 19.7. The van der Waals surface area contributed by atoms with Crippen molar-refractivity contribution in [3.8, 4) is 0 Å². The maximum atomic E-state index is 6.96. The van der Waals surface area contributed by atoms with Crippen LogP contribution in [0, 0.1) is 0 Å². The van der Waals surface area contributed by atoms with E-state index in [1.165, 1.54) is 5.56 Å². The van der Waals surface area contributed by atoms with Gasteiger partial charge in [-0.2, -0.15) is 0 Å². The molecule has 6 heteroatoms. The van der Waals surface area contributed by atoms with Crippen LogP contribution >= 0.6 is 15.9 Å². The van der Waals surface area contributed by atoms with Crippen molar-refractivity contribution < 1.29 is 23.7 Å². The molecule has 0 aromatic heterocycles. The topological polar surface area (TPSA) is 46.2 Å².